The number of nitrogens with one attached hydrogen (secondary N) is 1. The van der Waals surface area contributed by atoms with Gasteiger partial charge in [-0.05, 0) is 51.4 Å². The first-order chi connectivity index (χ1) is 8.77. The van der Waals surface area contributed by atoms with E-state index in [9.17, 15) is 0 Å². The molecule has 94 valence electrons. The molecule has 0 aromatic carbocycles. The molecule has 0 aliphatic carbocycles. The second kappa shape index (κ2) is 4.58. The van der Waals surface area contributed by atoms with Crippen LogP contribution in [0.2, 0.25) is 0 Å². The summed E-state index contributed by atoms with van der Waals surface area (Å²) in [4.78, 5) is 4.61. The van der Waals surface area contributed by atoms with E-state index in [4.69, 9.17) is 0 Å². The zero-order chi connectivity index (χ0) is 12.5. The monoisotopic (exact) mass is 241 g/mol. The Morgan fingerprint density at radius 3 is 2.67 bits per heavy atom. The van der Waals surface area contributed by atoms with Crippen LogP contribution < -0.4 is 5.32 Å². The van der Waals surface area contributed by atoms with Crippen LogP contribution in [0.3, 0.4) is 0 Å². The molecule has 3 heteroatoms. The minimum atomic E-state index is 0.454. The Balaban J connectivity index is 2.12. The Morgan fingerprint density at radius 2 is 2.00 bits per heavy atom. The molecule has 0 radical (unpaired) electrons. The second-order valence-electron chi connectivity index (χ2n) is 5.02. The van der Waals surface area contributed by atoms with Gasteiger partial charge in [-0.3, -0.25) is 0 Å². The van der Waals surface area contributed by atoms with Gasteiger partial charge in [0, 0.05) is 29.2 Å². The van der Waals surface area contributed by atoms with E-state index in [0.717, 1.165) is 12.4 Å². The maximum absolute atomic E-state index is 4.61. The van der Waals surface area contributed by atoms with E-state index in [1.807, 2.05) is 12.3 Å². The van der Waals surface area contributed by atoms with Crippen molar-refractivity contribution in [3.8, 4) is 5.82 Å². The number of hydrogen-bond acceptors (Lipinski definition) is 2. The van der Waals surface area contributed by atoms with Crippen LogP contribution in [0.1, 0.15) is 35.8 Å². The molecule has 1 atom stereocenters. The fraction of sp³-hybridized carbons (Fsp3) is 0.400. The van der Waals surface area contributed by atoms with Crippen LogP contribution in [-0.4, -0.2) is 16.1 Å². The zero-order valence-corrected chi connectivity index (χ0v) is 11.0. The van der Waals surface area contributed by atoms with Gasteiger partial charge in [0.2, 0.25) is 0 Å². The summed E-state index contributed by atoms with van der Waals surface area (Å²) in [6.07, 6.45) is 4.34. The van der Waals surface area contributed by atoms with Crippen LogP contribution in [0, 0.1) is 13.8 Å². The van der Waals surface area contributed by atoms with E-state index >= 15 is 0 Å². The van der Waals surface area contributed by atoms with Gasteiger partial charge >= 0.3 is 0 Å². The molecular weight excluding hydrogens is 222 g/mol. The summed E-state index contributed by atoms with van der Waals surface area (Å²) >= 11 is 0. The van der Waals surface area contributed by atoms with Crippen LogP contribution in [0.4, 0.5) is 0 Å². The van der Waals surface area contributed by atoms with Crippen LogP contribution in [0.5, 0.6) is 0 Å². The minimum absolute atomic E-state index is 0.454. The normalized spacial score (nSPS) is 19.3. The molecule has 2 aromatic heterocycles. The van der Waals surface area contributed by atoms with Gasteiger partial charge in [-0.1, -0.05) is 6.07 Å². The van der Waals surface area contributed by atoms with Crippen molar-refractivity contribution in [2.24, 2.45) is 0 Å². The molecule has 1 aliphatic rings. The summed E-state index contributed by atoms with van der Waals surface area (Å²) in [7, 11) is 0. The predicted octanol–water partition coefficient (Wildman–Crippen LogP) is 2.91. The molecule has 0 amide bonds. The van der Waals surface area contributed by atoms with E-state index in [2.05, 4.69) is 46.9 Å². The summed E-state index contributed by atoms with van der Waals surface area (Å²) in [5, 5.41) is 3.56. The maximum Gasteiger partial charge on any atom is 0.141 e. The van der Waals surface area contributed by atoms with E-state index in [-0.39, 0.29) is 0 Å². The molecule has 1 N–H and O–H groups in total. The van der Waals surface area contributed by atoms with Crippen molar-refractivity contribution >= 4 is 0 Å². The SMILES string of the molecule is Cc1ccc(C)n1-c1ncccc1C1CCCN1. The first-order valence-corrected chi connectivity index (χ1v) is 6.61. The number of aromatic nitrogens is 2. The number of aryl methyl sites for hydroxylation is 2. The molecule has 3 rings (SSSR count). The first-order valence-electron chi connectivity index (χ1n) is 6.61. The maximum atomic E-state index is 4.61. The van der Waals surface area contributed by atoms with Crippen LogP contribution >= 0.6 is 0 Å². The van der Waals surface area contributed by atoms with E-state index < -0.39 is 0 Å². The Labute approximate surface area is 108 Å². The van der Waals surface area contributed by atoms with Gasteiger partial charge in [-0.25, -0.2) is 4.98 Å². The Kier molecular flexibility index (Phi) is 2.92. The van der Waals surface area contributed by atoms with Crippen molar-refractivity contribution in [1.82, 2.24) is 14.9 Å². The molecule has 3 heterocycles. The quantitative estimate of drug-likeness (QED) is 0.876. The highest BCUT2D eigenvalue weighted by molar-refractivity contribution is 5.40. The van der Waals surface area contributed by atoms with Gasteiger partial charge in [0.05, 0.1) is 0 Å². The van der Waals surface area contributed by atoms with Crippen molar-refractivity contribution in [1.29, 1.82) is 0 Å². The van der Waals surface area contributed by atoms with Gasteiger partial charge < -0.3 is 9.88 Å². The largest absolute Gasteiger partial charge is 0.310 e. The number of nitrogens with zero attached hydrogens (tertiary/aromatic N) is 2. The van der Waals surface area contributed by atoms with Gasteiger partial charge in [-0.15, -0.1) is 0 Å². The Hall–Kier alpha value is -1.61. The van der Waals surface area contributed by atoms with Crippen molar-refractivity contribution in [2.75, 3.05) is 6.54 Å². The minimum Gasteiger partial charge on any atom is -0.310 e. The fourth-order valence-electron chi connectivity index (χ4n) is 2.82. The average Bonchev–Trinajstić information content (AvgIpc) is 3.00. The average molecular weight is 241 g/mol. The summed E-state index contributed by atoms with van der Waals surface area (Å²) in [5.74, 6) is 1.08. The van der Waals surface area contributed by atoms with E-state index in [1.165, 1.54) is 29.8 Å². The number of pyridine rings is 1. The lowest BCUT2D eigenvalue weighted by Gasteiger charge is -2.17. The van der Waals surface area contributed by atoms with Gasteiger partial charge in [0.1, 0.15) is 5.82 Å². The van der Waals surface area contributed by atoms with Gasteiger partial charge in [-0.2, -0.15) is 0 Å². The number of rotatable bonds is 2. The molecule has 0 saturated carbocycles. The molecule has 3 nitrogen and oxygen atoms in total. The lowest BCUT2D eigenvalue weighted by molar-refractivity contribution is 0.637. The van der Waals surface area contributed by atoms with Crippen molar-refractivity contribution in [3.63, 3.8) is 0 Å². The van der Waals surface area contributed by atoms with Crippen LogP contribution in [-0.2, 0) is 0 Å². The van der Waals surface area contributed by atoms with E-state index in [1.54, 1.807) is 0 Å². The molecule has 1 fully saturated rings. The highest BCUT2D eigenvalue weighted by atomic mass is 15.1. The van der Waals surface area contributed by atoms with Crippen molar-refractivity contribution in [2.45, 2.75) is 32.7 Å². The molecule has 1 unspecified atom stereocenters. The topological polar surface area (TPSA) is 29.9 Å². The molecule has 1 aliphatic heterocycles. The third kappa shape index (κ3) is 1.85. The van der Waals surface area contributed by atoms with Crippen LogP contribution in [0.15, 0.2) is 30.5 Å². The highest BCUT2D eigenvalue weighted by Gasteiger charge is 2.21. The highest BCUT2D eigenvalue weighted by Crippen LogP contribution is 2.28. The Morgan fingerprint density at radius 1 is 1.22 bits per heavy atom. The fourth-order valence-corrected chi connectivity index (χ4v) is 2.82. The Bertz CT molecular complexity index is 531. The molecule has 1 saturated heterocycles. The third-order valence-electron chi connectivity index (χ3n) is 3.74. The summed E-state index contributed by atoms with van der Waals surface area (Å²) in [5.41, 5.74) is 3.80. The lowest BCUT2D eigenvalue weighted by atomic mass is 10.1. The van der Waals surface area contributed by atoms with Gasteiger partial charge in [0.25, 0.3) is 0 Å². The molecule has 2 aromatic rings. The molecule has 0 bridgehead atoms. The molecular formula is C15H19N3. The lowest BCUT2D eigenvalue weighted by Crippen LogP contribution is -2.16. The van der Waals surface area contributed by atoms with Gasteiger partial charge in [0.15, 0.2) is 0 Å². The second-order valence-corrected chi connectivity index (χ2v) is 5.02. The zero-order valence-electron chi connectivity index (χ0n) is 11.0. The standard InChI is InChI=1S/C15H19N3/c1-11-7-8-12(2)18(11)15-13(5-3-10-17-15)14-6-4-9-16-14/h3,5,7-8,10,14,16H,4,6,9H2,1-2H3. The predicted molar refractivity (Wildman–Crippen MR) is 73.0 cm³/mol. The number of hydrogen-bond donors (Lipinski definition) is 1. The summed E-state index contributed by atoms with van der Waals surface area (Å²) in [6, 6.07) is 8.98. The third-order valence-corrected chi connectivity index (χ3v) is 3.74. The molecule has 0 spiro atoms. The smallest absolute Gasteiger partial charge is 0.141 e. The molecule has 18 heavy (non-hydrogen) atoms. The summed E-state index contributed by atoms with van der Waals surface area (Å²) in [6.45, 7) is 5.38. The van der Waals surface area contributed by atoms with Crippen LogP contribution in [0.25, 0.3) is 5.82 Å². The first kappa shape index (κ1) is 11.5. The van der Waals surface area contributed by atoms with E-state index in [0.29, 0.717) is 6.04 Å². The summed E-state index contributed by atoms with van der Waals surface area (Å²) < 4.78 is 2.25. The van der Waals surface area contributed by atoms with Crippen molar-refractivity contribution < 1.29 is 0 Å². The van der Waals surface area contributed by atoms with Crippen molar-refractivity contribution in [3.05, 3.63) is 47.4 Å².